The number of fused-ring (bicyclic) bond motifs is 12. The van der Waals surface area contributed by atoms with Gasteiger partial charge in [0, 0.05) is 44.7 Å². The topological polar surface area (TPSA) is 35.1 Å². The molecule has 70 heavy (non-hydrogen) atoms. The van der Waals surface area contributed by atoms with Gasteiger partial charge in [0.05, 0.1) is 11.2 Å². The third-order valence-corrected chi connectivity index (χ3v) is 25.5. The molecule has 0 amide bonds. The van der Waals surface area contributed by atoms with Crippen LogP contribution in [0.5, 0.6) is 0 Å². The second-order valence-electron chi connectivity index (χ2n) is 17.9. The molecule has 1 aliphatic rings. The largest absolute Gasteiger partial charge is 2.00 e. The van der Waals surface area contributed by atoms with Crippen molar-refractivity contribution < 1.29 is 21.1 Å². The van der Waals surface area contributed by atoms with Gasteiger partial charge in [0.1, 0.15) is 13.7 Å². The van der Waals surface area contributed by atoms with E-state index in [1.54, 1.807) is 0 Å². The fourth-order valence-corrected chi connectivity index (χ4v) is 23.4. The maximum atomic E-state index is 5.28. The van der Waals surface area contributed by atoms with E-state index in [-0.39, 0.29) is 21.1 Å². The average molecular weight is 1120 g/mol. The van der Waals surface area contributed by atoms with Crippen LogP contribution in [0.4, 0.5) is 0 Å². The van der Waals surface area contributed by atoms with Crippen molar-refractivity contribution in [2.24, 2.45) is 0 Å². The maximum Gasteiger partial charge on any atom is 2.00 e. The Morgan fingerprint density at radius 1 is 0.457 bits per heavy atom. The molecule has 5 heterocycles. The summed E-state index contributed by atoms with van der Waals surface area (Å²) >= 11 is 1.89. The third kappa shape index (κ3) is 6.12. The molecule has 0 fully saturated rings. The predicted octanol–water partition coefficient (Wildman–Crippen LogP) is 8.95. The molecule has 0 unspecified atom stereocenters. The fourth-order valence-electron chi connectivity index (χ4n) is 11.7. The monoisotopic (exact) mass is 1120 g/mol. The van der Waals surface area contributed by atoms with E-state index in [1.807, 2.05) is 24.2 Å². The SMILES string of the molecule is [Pt+2].[c-]1c(-n2c3ncccc3c3ccc4c(c32)[Si](c2ccccc2)(c2ccccc2)c2ccccc2S4)cccc1[Si](c1[c-]c2c(cc1)c1ccccc1n1ccnc21)(c1ccccc1)c1ccccc1. The predicted molar refractivity (Wildman–Crippen MR) is 291 cm³/mol. The molecule has 0 aliphatic carbocycles. The molecule has 1 aliphatic heterocycles. The average Bonchev–Trinajstić information content (AvgIpc) is 4.06. The number of nitrogens with zero attached hydrogens (tertiary/aromatic N) is 4. The minimum absolute atomic E-state index is 0. The van der Waals surface area contributed by atoms with Crippen LogP contribution in [-0.2, 0) is 21.1 Å². The zero-order chi connectivity index (χ0) is 45.5. The summed E-state index contributed by atoms with van der Waals surface area (Å²) < 4.78 is 4.66. The minimum atomic E-state index is -3.22. The van der Waals surface area contributed by atoms with Gasteiger partial charge >= 0.3 is 21.1 Å². The number of benzene rings is 9. The first-order chi connectivity index (χ1) is 34.2. The van der Waals surface area contributed by atoms with Crippen molar-refractivity contribution in [2.75, 3.05) is 0 Å². The van der Waals surface area contributed by atoms with Gasteiger partial charge in [-0.3, -0.25) is 4.98 Å². The number of pyridine rings is 2. The summed E-state index contributed by atoms with van der Waals surface area (Å²) in [5.41, 5.74) is 5.09. The molecular formula is C62H40N4PtSSi2. The summed E-state index contributed by atoms with van der Waals surface area (Å²) in [7, 11) is -6.24. The van der Waals surface area contributed by atoms with Gasteiger partial charge in [-0.25, -0.2) is 4.98 Å². The van der Waals surface area contributed by atoms with Gasteiger partial charge in [-0.15, -0.1) is 34.8 Å². The van der Waals surface area contributed by atoms with E-state index in [2.05, 4.69) is 252 Å². The molecule has 0 bridgehead atoms. The first kappa shape index (κ1) is 42.7. The molecule has 0 radical (unpaired) electrons. The van der Waals surface area contributed by atoms with Crippen molar-refractivity contribution in [3.8, 4) is 5.69 Å². The van der Waals surface area contributed by atoms with Crippen LogP contribution in [-0.4, -0.2) is 35.1 Å². The van der Waals surface area contributed by atoms with Crippen LogP contribution in [0.25, 0.3) is 54.9 Å². The minimum Gasteiger partial charge on any atom is -0.340 e. The fraction of sp³-hybridized carbons (Fsp3) is 0. The first-order valence-corrected chi connectivity index (χ1v) is 28.2. The standard InChI is InChI=1S/C62H40N4SSi2.Pt/c1-5-20-44(21-6-1)68(45-22-7-2-8-23-45,49-34-35-50-51-29-13-14-31-55(51)65-40-39-64-61(65)54(50)42-49)48-28-17-19-43(41-48)66-59-52(53-30-18-38-63-62(53)66)36-37-57-60(59)69(46-24-9-3-10-25-46,47-26-11-4-12-27-47)58-33-16-15-32-56(58)67-57;/h1-40H;/q-2;+2. The quantitative estimate of drug-likeness (QED) is 0.0693. The van der Waals surface area contributed by atoms with Crippen molar-refractivity contribution in [1.29, 1.82) is 0 Å². The van der Waals surface area contributed by atoms with Crippen LogP contribution in [0.15, 0.2) is 253 Å². The zero-order valence-electron chi connectivity index (χ0n) is 37.6. The van der Waals surface area contributed by atoms with Gasteiger partial charge in [0.25, 0.3) is 0 Å². The van der Waals surface area contributed by atoms with Gasteiger partial charge < -0.3 is 8.97 Å². The van der Waals surface area contributed by atoms with E-state index < -0.39 is 16.1 Å². The summed E-state index contributed by atoms with van der Waals surface area (Å²) in [6.45, 7) is 0. The van der Waals surface area contributed by atoms with Gasteiger partial charge in [0.15, 0.2) is 8.07 Å². The summed E-state index contributed by atoms with van der Waals surface area (Å²) in [4.78, 5) is 12.8. The molecule has 0 N–H and O–H groups in total. The molecule has 332 valence electrons. The number of hydrogen-bond donors (Lipinski definition) is 0. The van der Waals surface area contributed by atoms with E-state index in [4.69, 9.17) is 9.97 Å². The van der Waals surface area contributed by atoms with Crippen LogP contribution in [0.2, 0.25) is 0 Å². The Morgan fingerprint density at radius 3 is 1.81 bits per heavy atom. The summed E-state index contributed by atoms with van der Waals surface area (Å²) in [6.07, 6.45) is 5.91. The molecule has 0 spiro atoms. The zero-order valence-corrected chi connectivity index (χ0v) is 42.7. The van der Waals surface area contributed by atoms with Crippen molar-refractivity contribution >= 4 is 119 Å². The molecule has 8 heteroatoms. The summed E-state index contributed by atoms with van der Waals surface area (Å²) in [5.74, 6) is 0. The Kier molecular flexibility index (Phi) is 10.3. The molecular weight excluding hydrogens is 1080 g/mol. The Balaban J connectivity index is 0.00000480. The smallest absolute Gasteiger partial charge is 0.340 e. The van der Waals surface area contributed by atoms with E-state index in [0.717, 1.165) is 49.0 Å². The Labute approximate surface area is 426 Å². The van der Waals surface area contributed by atoms with Gasteiger partial charge in [-0.1, -0.05) is 187 Å². The molecule has 4 aromatic heterocycles. The normalized spacial score (nSPS) is 13.1. The van der Waals surface area contributed by atoms with Crippen LogP contribution in [0, 0.1) is 12.1 Å². The van der Waals surface area contributed by atoms with Crippen molar-refractivity contribution in [3.05, 3.63) is 255 Å². The van der Waals surface area contributed by atoms with Gasteiger partial charge in [0.2, 0.25) is 0 Å². The van der Waals surface area contributed by atoms with E-state index in [9.17, 15) is 0 Å². The Morgan fingerprint density at radius 2 is 1.07 bits per heavy atom. The Bertz CT molecular complexity index is 4040. The van der Waals surface area contributed by atoms with Gasteiger partial charge in [-0.05, 0) is 66.8 Å². The number of aromatic nitrogens is 4. The van der Waals surface area contributed by atoms with Crippen LogP contribution in [0.1, 0.15) is 0 Å². The maximum absolute atomic E-state index is 5.28. The second kappa shape index (κ2) is 16.9. The number of para-hydroxylation sites is 1. The van der Waals surface area contributed by atoms with Crippen molar-refractivity contribution in [3.63, 3.8) is 0 Å². The van der Waals surface area contributed by atoms with Crippen molar-refractivity contribution in [2.45, 2.75) is 9.79 Å². The first-order valence-electron chi connectivity index (χ1n) is 23.4. The second-order valence-corrected chi connectivity index (χ2v) is 26.4. The summed E-state index contributed by atoms with van der Waals surface area (Å²) in [5, 5.41) is 15.9. The van der Waals surface area contributed by atoms with E-state index in [0.29, 0.717) is 0 Å². The molecule has 9 aromatic carbocycles. The van der Waals surface area contributed by atoms with Gasteiger partial charge in [-0.2, -0.15) is 23.4 Å². The summed E-state index contributed by atoms with van der Waals surface area (Å²) in [6, 6.07) is 91.5. The molecule has 0 saturated heterocycles. The molecule has 4 nitrogen and oxygen atoms in total. The van der Waals surface area contributed by atoms with Crippen LogP contribution >= 0.6 is 11.8 Å². The van der Waals surface area contributed by atoms with E-state index in [1.165, 1.54) is 57.2 Å². The van der Waals surface area contributed by atoms with Crippen molar-refractivity contribution in [1.82, 2.24) is 18.9 Å². The Hall–Kier alpha value is -7.39. The van der Waals surface area contributed by atoms with E-state index >= 15 is 0 Å². The number of imidazole rings is 1. The molecule has 0 atom stereocenters. The number of rotatable bonds is 7. The molecule has 14 rings (SSSR count). The number of hydrogen-bond acceptors (Lipinski definition) is 3. The molecule has 0 saturated carbocycles. The third-order valence-electron chi connectivity index (χ3n) is 14.5. The van der Waals surface area contributed by atoms with Crippen LogP contribution in [0.3, 0.4) is 0 Å². The molecule has 13 aromatic rings. The van der Waals surface area contributed by atoms with Crippen LogP contribution < -0.4 is 41.5 Å².